The standard InChI is InChI=1S/C18H29NO2.2C2H6.H2/c1-13(20)14-3-5-15(6-4-14)16(21)19-18-10-7-17(2,8-11-18)9-12-18;2*1-2;/h14-15H,3-12H2,1-2H3,(H,19,21);2*1-2H3;1H. The van der Waals surface area contributed by atoms with Gasteiger partial charge >= 0.3 is 0 Å². The van der Waals surface area contributed by atoms with Gasteiger partial charge in [0.05, 0.1) is 0 Å². The number of nitrogens with one attached hydrogen (secondary N) is 1. The van der Waals surface area contributed by atoms with E-state index < -0.39 is 0 Å². The summed E-state index contributed by atoms with van der Waals surface area (Å²) < 4.78 is 0. The molecule has 4 aliphatic rings. The highest BCUT2D eigenvalue weighted by Crippen LogP contribution is 2.52. The van der Waals surface area contributed by atoms with Gasteiger partial charge in [-0.25, -0.2) is 0 Å². The zero-order valence-electron chi connectivity index (χ0n) is 17.5. The van der Waals surface area contributed by atoms with Crippen molar-refractivity contribution in [3.8, 4) is 0 Å². The highest BCUT2D eigenvalue weighted by atomic mass is 16.2. The Morgan fingerprint density at radius 2 is 1.20 bits per heavy atom. The van der Waals surface area contributed by atoms with Crippen molar-refractivity contribution in [3.63, 3.8) is 0 Å². The second-order valence-corrected chi connectivity index (χ2v) is 8.24. The van der Waals surface area contributed by atoms with Crippen LogP contribution in [0.2, 0.25) is 0 Å². The lowest BCUT2D eigenvalue weighted by molar-refractivity contribution is -0.132. The molecule has 0 saturated heterocycles. The zero-order valence-corrected chi connectivity index (χ0v) is 17.5. The quantitative estimate of drug-likeness (QED) is 0.685. The van der Waals surface area contributed by atoms with E-state index in [1.807, 2.05) is 27.7 Å². The van der Waals surface area contributed by atoms with Gasteiger partial charge in [0.15, 0.2) is 0 Å². The average molecular weight is 354 g/mol. The van der Waals surface area contributed by atoms with Crippen LogP contribution in [0.5, 0.6) is 0 Å². The molecule has 0 aliphatic heterocycles. The lowest BCUT2D eigenvalue weighted by Crippen LogP contribution is -2.57. The van der Waals surface area contributed by atoms with Crippen molar-refractivity contribution in [1.82, 2.24) is 5.32 Å². The molecule has 0 aromatic heterocycles. The van der Waals surface area contributed by atoms with E-state index in [1.165, 1.54) is 19.3 Å². The van der Waals surface area contributed by atoms with Crippen LogP contribution in [0.1, 0.15) is 107 Å². The van der Waals surface area contributed by atoms with Crippen molar-refractivity contribution >= 4 is 11.7 Å². The molecule has 0 spiro atoms. The molecule has 4 aliphatic carbocycles. The second-order valence-electron chi connectivity index (χ2n) is 8.24. The lowest BCUT2D eigenvalue weighted by atomic mass is 9.58. The van der Waals surface area contributed by atoms with E-state index in [1.54, 1.807) is 6.92 Å². The first-order chi connectivity index (χ1) is 11.9. The summed E-state index contributed by atoms with van der Waals surface area (Å²) in [5.41, 5.74) is 0.651. The van der Waals surface area contributed by atoms with Crippen LogP contribution >= 0.6 is 0 Å². The summed E-state index contributed by atoms with van der Waals surface area (Å²) in [5, 5.41) is 3.43. The molecule has 0 atom stereocenters. The number of carbonyl (C=O) groups excluding carboxylic acids is 2. The molecule has 4 fully saturated rings. The minimum Gasteiger partial charge on any atom is -0.350 e. The van der Waals surface area contributed by atoms with Crippen LogP contribution in [-0.4, -0.2) is 17.2 Å². The Labute approximate surface area is 157 Å². The SMILES string of the molecule is CC.CC.CC(=O)C1CCC(C(=O)NC23CCC(C)(CC2)CC3)CC1.[HH]. The second kappa shape index (κ2) is 9.73. The van der Waals surface area contributed by atoms with E-state index in [-0.39, 0.29) is 24.7 Å². The summed E-state index contributed by atoms with van der Waals surface area (Å²) in [5.74, 6) is 0.913. The molecule has 0 heterocycles. The van der Waals surface area contributed by atoms with Gasteiger partial charge in [0.25, 0.3) is 0 Å². The van der Waals surface area contributed by atoms with Gasteiger partial charge < -0.3 is 5.32 Å². The number of carbonyl (C=O) groups is 2. The van der Waals surface area contributed by atoms with Gasteiger partial charge in [0.2, 0.25) is 5.91 Å². The number of ketones is 1. The Hall–Kier alpha value is -0.860. The Morgan fingerprint density at radius 1 is 0.800 bits per heavy atom. The monoisotopic (exact) mass is 353 g/mol. The Bertz CT molecular complexity index is 417. The molecule has 2 bridgehead atoms. The van der Waals surface area contributed by atoms with Gasteiger partial charge in [-0.15, -0.1) is 0 Å². The predicted molar refractivity (Wildman–Crippen MR) is 108 cm³/mol. The highest BCUT2D eigenvalue weighted by molar-refractivity contribution is 5.81. The van der Waals surface area contributed by atoms with Crippen LogP contribution in [0, 0.1) is 17.3 Å². The van der Waals surface area contributed by atoms with Gasteiger partial charge in [0, 0.05) is 18.8 Å². The topological polar surface area (TPSA) is 46.2 Å². The molecule has 4 saturated carbocycles. The Kier molecular flexibility index (Phi) is 8.63. The van der Waals surface area contributed by atoms with E-state index >= 15 is 0 Å². The Balaban J connectivity index is 0.00000117. The lowest BCUT2D eigenvalue weighted by Gasteiger charge is -2.52. The van der Waals surface area contributed by atoms with Gasteiger partial charge in [0.1, 0.15) is 5.78 Å². The molecule has 0 aromatic rings. The van der Waals surface area contributed by atoms with E-state index in [0.29, 0.717) is 11.2 Å². The third-order valence-electron chi connectivity index (χ3n) is 6.68. The van der Waals surface area contributed by atoms with Crippen LogP contribution in [0.25, 0.3) is 0 Å². The largest absolute Gasteiger partial charge is 0.350 e. The third kappa shape index (κ3) is 5.56. The van der Waals surface area contributed by atoms with Crippen molar-refractivity contribution in [2.75, 3.05) is 0 Å². The van der Waals surface area contributed by atoms with Crippen LogP contribution in [0.4, 0.5) is 0 Å². The fourth-order valence-corrected chi connectivity index (χ4v) is 4.69. The number of amides is 1. The van der Waals surface area contributed by atoms with Gasteiger partial charge in [-0.2, -0.15) is 0 Å². The van der Waals surface area contributed by atoms with Crippen molar-refractivity contribution in [2.24, 2.45) is 17.3 Å². The fraction of sp³-hybridized carbons (Fsp3) is 0.909. The average Bonchev–Trinajstić information content (AvgIpc) is 2.66. The minimum atomic E-state index is 0. The van der Waals surface area contributed by atoms with Crippen molar-refractivity contribution in [3.05, 3.63) is 0 Å². The van der Waals surface area contributed by atoms with E-state index in [4.69, 9.17) is 0 Å². The summed E-state index contributed by atoms with van der Waals surface area (Å²) in [4.78, 5) is 24.0. The number of hydrogen-bond donors (Lipinski definition) is 1. The molecule has 0 unspecified atom stereocenters. The molecule has 148 valence electrons. The number of rotatable bonds is 3. The normalized spacial score (nSPS) is 36.2. The van der Waals surface area contributed by atoms with Crippen molar-refractivity contribution in [2.45, 2.75) is 111 Å². The smallest absolute Gasteiger partial charge is 0.223 e. The molecule has 3 nitrogen and oxygen atoms in total. The van der Waals surface area contributed by atoms with E-state index in [9.17, 15) is 9.59 Å². The maximum Gasteiger partial charge on any atom is 0.223 e. The minimum absolute atomic E-state index is 0. The summed E-state index contributed by atoms with van der Waals surface area (Å²) in [6, 6.07) is 0. The molecule has 4 rings (SSSR count). The molecule has 1 N–H and O–H groups in total. The van der Waals surface area contributed by atoms with E-state index in [2.05, 4.69) is 12.2 Å². The zero-order chi connectivity index (χ0) is 19.1. The van der Waals surface area contributed by atoms with Gasteiger partial charge in [-0.3, -0.25) is 9.59 Å². The van der Waals surface area contributed by atoms with Crippen LogP contribution < -0.4 is 5.32 Å². The molecule has 0 aromatic carbocycles. The number of fused-ring (bicyclic) bond motifs is 3. The van der Waals surface area contributed by atoms with E-state index in [0.717, 1.165) is 44.9 Å². The summed E-state index contributed by atoms with van der Waals surface area (Å²) in [6.07, 6.45) is 10.9. The first-order valence-corrected chi connectivity index (χ1v) is 10.7. The van der Waals surface area contributed by atoms with Gasteiger partial charge in [-0.1, -0.05) is 34.6 Å². The first kappa shape index (κ1) is 22.2. The first-order valence-electron chi connectivity index (χ1n) is 10.7. The third-order valence-corrected chi connectivity index (χ3v) is 6.68. The predicted octanol–water partition coefficient (Wildman–Crippen LogP) is 5.91. The molecule has 25 heavy (non-hydrogen) atoms. The number of hydrogen-bond acceptors (Lipinski definition) is 2. The summed E-state index contributed by atoms with van der Waals surface area (Å²) >= 11 is 0. The molecular formula is C22H43NO2. The fourth-order valence-electron chi connectivity index (χ4n) is 4.69. The number of Topliss-reactive ketones (excluding diaryl/α,β-unsaturated/α-hetero) is 1. The maximum absolute atomic E-state index is 12.6. The summed E-state index contributed by atoms with van der Waals surface area (Å²) in [7, 11) is 0. The van der Waals surface area contributed by atoms with Crippen LogP contribution in [0.15, 0.2) is 0 Å². The molecular weight excluding hydrogens is 310 g/mol. The Morgan fingerprint density at radius 3 is 1.60 bits per heavy atom. The molecule has 3 heteroatoms. The molecule has 1 amide bonds. The van der Waals surface area contributed by atoms with Crippen LogP contribution in [-0.2, 0) is 9.59 Å². The summed E-state index contributed by atoms with van der Waals surface area (Å²) in [6.45, 7) is 12.1. The maximum atomic E-state index is 12.6. The molecule has 0 radical (unpaired) electrons. The highest BCUT2D eigenvalue weighted by Gasteiger charge is 2.47. The van der Waals surface area contributed by atoms with Crippen LogP contribution in [0.3, 0.4) is 0 Å². The van der Waals surface area contributed by atoms with Gasteiger partial charge in [-0.05, 0) is 76.5 Å². The van der Waals surface area contributed by atoms with Crippen molar-refractivity contribution in [1.29, 1.82) is 0 Å². The van der Waals surface area contributed by atoms with Crippen molar-refractivity contribution < 1.29 is 11.0 Å².